The smallest absolute Gasteiger partial charge is 0.296 e. The predicted molar refractivity (Wildman–Crippen MR) is 117 cm³/mol. The normalized spacial score (nSPS) is 19.3. The molecule has 0 saturated carbocycles. The number of rotatable bonds is 7. The molecule has 0 aliphatic carbocycles. The van der Waals surface area contributed by atoms with E-state index in [4.69, 9.17) is 9.47 Å². The number of nitro groups is 1. The number of carbonyl (C=O) groups is 1. The van der Waals surface area contributed by atoms with Gasteiger partial charge in [0.15, 0.2) is 0 Å². The molecule has 1 aliphatic rings. The number of amides is 1. The van der Waals surface area contributed by atoms with E-state index in [-0.39, 0.29) is 47.1 Å². The zero-order chi connectivity index (χ0) is 23.5. The van der Waals surface area contributed by atoms with Gasteiger partial charge in [0.25, 0.3) is 11.6 Å². The molecule has 172 valence electrons. The molecule has 1 fully saturated rings. The van der Waals surface area contributed by atoms with Crippen LogP contribution in [0, 0.1) is 10.1 Å². The van der Waals surface area contributed by atoms with Gasteiger partial charge < -0.3 is 14.8 Å². The Morgan fingerprint density at radius 1 is 1.19 bits per heavy atom. The monoisotopic (exact) mass is 463 g/mol. The van der Waals surface area contributed by atoms with Gasteiger partial charge in [-0.3, -0.25) is 14.9 Å². The number of anilines is 1. The fourth-order valence-corrected chi connectivity index (χ4v) is 5.06. The number of ether oxygens (including phenoxy) is 2. The van der Waals surface area contributed by atoms with E-state index >= 15 is 0 Å². The zero-order valence-corrected chi connectivity index (χ0v) is 18.8. The quantitative estimate of drug-likeness (QED) is 0.494. The Labute approximate surface area is 186 Å². The number of nitrogens with zero attached hydrogens (tertiary/aromatic N) is 2. The highest BCUT2D eigenvalue weighted by atomic mass is 32.2. The van der Waals surface area contributed by atoms with E-state index in [9.17, 15) is 23.3 Å². The largest absolute Gasteiger partial charge is 0.494 e. The van der Waals surface area contributed by atoms with Gasteiger partial charge in [-0.15, -0.1) is 0 Å². The molecule has 2 aromatic rings. The Morgan fingerprint density at radius 3 is 2.38 bits per heavy atom. The maximum Gasteiger partial charge on any atom is 0.296 e. The Kier molecular flexibility index (Phi) is 7.12. The van der Waals surface area contributed by atoms with Crippen molar-refractivity contribution in [3.8, 4) is 5.75 Å². The summed E-state index contributed by atoms with van der Waals surface area (Å²) < 4.78 is 38.1. The lowest BCUT2D eigenvalue weighted by Crippen LogP contribution is -2.48. The van der Waals surface area contributed by atoms with Gasteiger partial charge in [-0.2, -0.15) is 4.31 Å². The maximum absolute atomic E-state index is 12.9. The van der Waals surface area contributed by atoms with E-state index in [2.05, 4.69) is 5.32 Å². The van der Waals surface area contributed by atoms with Crippen molar-refractivity contribution < 1.29 is 27.6 Å². The van der Waals surface area contributed by atoms with Crippen LogP contribution in [0.3, 0.4) is 0 Å². The highest BCUT2D eigenvalue weighted by Crippen LogP contribution is 2.30. The van der Waals surface area contributed by atoms with Gasteiger partial charge in [0.2, 0.25) is 10.0 Å². The average Bonchev–Trinajstić information content (AvgIpc) is 2.74. The lowest BCUT2D eigenvalue weighted by molar-refractivity contribution is -0.384. The number of carbonyl (C=O) groups excluding carboxylic acids is 1. The molecular weight excluding hydrogens is 438 g/mol. The van der Waals surface area contributed by atoms with Crippen LogP contribution >= 0.6 is 0 Å². The van der Waals surface area contributed by atoms with Gasteiger partial charge in [-0.1, -0.05) is 0 Å². The molecule has 11 heteroatoms. The minimum Gasteiger partial charge on any atom is -0.494 e. The number of hydrogen-bond donors (Lipinski definition) is 1. The molecular formula is C21H25N3O7S. The lowest BCUT2D eigenvalue weighted by atomic mass is 10.2. The fraction of sp³-hybridized carbons (Fsp3) is 0.381. The van der Waals surface area contributed by atoms with Crippen molar-refractivity contribution >= 4 is 27.3 Å². The molecule has 10 nitrogen and oxygen atoms in total. The predicted octanol–water partition coefficient (Wildman–Crippen LogP) is 3.04. The van der Waals surface area contributed by atoms with Gasteiger partial charge >= 0.3 is 0 Å². The van der Waals surface area contributed by atoms with E-state index in [0.717, 1.165) is 0 Å². The Morgan fingerprint density at radius 2 is 1.81 bits per heavy atom. The number of nitro benzene ring substituents is 1. The molecule has 1 amide bonds. The van der Waals surface area contributed by atoms with E-state index in [0.29, 0.717) is 12.4 Å². The summed E-state index contributed by atoms with van der Waals surface area (Å²) in [6.45, 7) is 6.22. The molecule has 1 aliphatic heterocycles. The van der Waals surface area contributed by atoms with Gasteiger partial charge in [-0.05, 0) is 57.2 Å². The van der Waals surface area contributed by atoms with E-state index in [1.54, 1.807) is 6.92 Å². The number of morpholine rings is 1. The molecule has 3 rings (SSSR count). The highest BCUT2D eigenvalue weighted by molar-refractivity contribution is 7.89. The van der Waals surface area contributed by atoms with Crippen LogP contribution in [0.1, 0.15) is 31.1 Å². The average molecular weight is 464 g/mol. The molecule has 2 atom stereocenters. The molecule has 32 heavy (non-hydrogen) atoms. The second kappa shape index (κ2) is 9.63. The van der Waals surface area contributed by atoms with Crippen LogP contribution in [0.4, 0.5) is 11.4 Å². The van der Waals surface area contributed by atoms with Crippen molar-refractivity contribution in [3.63, 3.8) is 0 Å². The molecule has 1 heterocycles. The molecule has 2 aromatic carbocycles. The summed E-state index contributed by atoms with van der Waals surface area (Å²) in [4.78, 5) is 23.4. The van der Waals surface area contributed by atoms with Gasteiger partial charge in [0, 0.05) is 18.7 Å². The minimum absolute atomic E-state index is 0.0106. The van der Waals surface area contributed by atoms with Crippen molar-refractivity contribution in [1.82, 2.24) is 4.31 Å². The second-order valence-electron chi connectivity index (χ2n) is 7.43. The number of nitrogens with one attached hydrogen (secondary N) is 1. The molecule has 1 saturated heterocycles. The summed E-state index contributed by atoms with van der Waals surface area (Å²) in [6.07, 6.45) is -0.438. The first-order chi connectivity index (χ1) is 15.1. The van der Waals surface area contributed by atoms with Crippen LogP contribution < -0.4 is 10.1 Å². The molecule has 0 unspecified atom stereocenters. The van der Waals surface area contributed by atoms with Crippen molar-refractivity contribution in [2.75, 3.05) is 25.0 Å². The number of hydrogen-bond acceptors (Lipinski definition) is 7. The van der Waals surface area contributed by atoms with Gasteiger partial charge in [0.1, 0.15) is 11.4 Å². The highest BCUT2D eigenvalue weighted by Gasteiger charge is 2.32. The van der Waals surface area contributed by atoms with Gasteiger partial charge in [0.05, 0.1) is 34.7 Å². The summed E-state index contributed by atoms with van der Waals surface area (Å²) >= 11 is 0. The third-order valence-corrected chi connectivity index (χ3v) is 6.71. The molecule has 0 spiro atoms. The van der Waals surface area contributed by atoms with Crippen molar-refractivity contribution in [2.24, 2.45) is 0 Å². The second-order valence-corrected chi connectivity index (χ2v) is 9.36. The number of sulfonamides is 1. The Hall–Kier alpha value is -3.02. The SMILES string of the molecule is CCOc1ccc(NC(=O)c2ccc(S(=O)(=O)N3C[C@H](C)O[C@@H](C)C3)cc2)c([N+](=O)[O-])c1. The van der Waals surface area contributed by atoms with Crippen LogP contribution in [0.5, 0.6) is 5.75 Å². The summed E-state index contributed by atoms with van der Waals surface area (Å²) in [5, 5.41) is 13.9. The molecule has 0 aromatic heterocycles. The van der Waals surface area contributed by atoms with Crippen LogP contribution in [0.15, 0.2) is 47.4 Å². The topological polar surface area (TPSA) is 128 Å². The van der Waals surface area contributed by atoms with Crippen molar-refractivity contribution in [1.29, 1.82) is 0 Å². The molecule has 0 bridgehead atoms. The van der Waals surface area contributed by atoms with E-state index in [1.807, 2.05) is 13.8 Å². The first-order valence-electron chi connectivity index (χ1n) is 10.1. The lowest BCUT2D eigenvalue weighted by Gasteiger charge is -2.34. The summed E-state index contributed by atoms with van der Waals surface area (Å²) in [5.41, 5.74) is -0.133. The van der Waals surface area contributed by atoms with Crippen LogP contribution in [0.25, 0.3) is 0 Å². The molecule has 1 N–H and O–H groups in total. The van der Waals surface area contributed by atoms with Gasteiger partial charge in [-0.25, -0.2) is 8.42 Å². The standard InChI is InChI=1S/C21H25N3O7S/c1-4-30-17-7-10-19(20(11-17)24(26)27)22-21(25)16-5-8-18(9-6-16)32(28,29)23-12-14(2)31-15(3)13-23/h5-11,14-15H,4,12-13H2,1-3H3,(H,22,25)/t14-,15-/m0/s1. The third-order valence-electron chi connectivity index (χ3n) is 4.87. The Bertz CT molecular complexity index is 1090. The Balaban J connectivity index is 1.78. The van der Waals surface area contributed by atoms with Crippen molar-refractivity contribution in [2.45, 2.75) is 37.9 Å². The summed E-state index contributed by atoms with van der Waals surface area (Å²) in [5.74, 6) is -0.284. The van der Waals surface area contributed by atoms with E-state index in [1.165, 1.54) is 46.8 Å². The van der Waals surface area contributed by atoms with Crippen LogP contribution in [0.2, 0.25) is 0 Å². The summed E-state index contributed by atoms with van der Waals surface area (Å²) in [6, 6.07) is 9.58. The third kappa shape index (κ3) is 5.23. The van der Waals surface area contributed by atoms with E-state index < -0.39 is 20.9 Å². The fourth-order valence-electron chi connectivity index (χ4n) is 3.47. The van der Waals surface area contributed by atoms with Crippen molar-refractivity contribution in [3.05, 3.63) is 58.1 Å². The van der Waals surface area contributed by atoms with Crippen LogP contribution in [-0.2, 0) is 14.8 Å². The first-order valence-corrected chi connectivity index (χ1v) is 11.5. The number of benzene rings is 2. The van der Waals surface area contributed by atoms with Crippen LogP contribution in [-0.4, -0.2) is 55.5 Å². The summed E-state index contributed by atoms with van der Waals surface area (Å²) in [7, 11) is -3.74. The minimum atomic E-state index is -3.74. The maximum atomic E-state index is 12.9. The molecule has 0 radical (unpaired) electrons. The first kappa shape index (κ1) is 23.6. The zero-order valence-electron chi connectivity index (χ0n) is 18.0.